The monoisotopic (exact) mass is 393 g/mol. The van der Waals surface area contributed by atoms with Crippen molar-refractivity contribution in [2.75, 3.05) is 32.4 Å². The van der Waals surface area contributed by atoms with Gasteiger partial charge in [-0.15, -0.1) is 0 Å². The molecule has 3 rings (SSSR count). The normalized spacial score (nSPS) is 15.7. The molecule has 0 atom stereocenters. The molecule has 1 amide bonds. The second kappa shape index (κ2) is 7.24. The minimum Gasteiger partial charge on any atom is -0.336 e. The molecular formula is C18H20FN3O4S. The van der Waals surface area contributed by atoms with Crippen molar-refractivity contribution in [2.45, 2.75) is 6.92 Å². The Balaban J connectivity index is 1.91. The summed E-state index contributed by atoms with van der Waals surface area (Å²) in [5, 5.41) is 0. The summed E-state index contributed by atoms with van der Waals surface area (Å²) in [5.74, 6) is -0.846. The highest BCUT2D eigenvalue weighted by Crippen LogP contribution is 2.13. The lowest BCUT2D eigenvalue weighted by molar-refractivity contribution is 0.0695. The quantitative estimate of drug-likeness (QED) is 0.779. The Morgan fingerprint density at radius 2 is 1.63 bits per heavy atom. The van der Waals surface area contributed by atoms with E-state index < -0.39 is 27.3 Å². The Morgan fingerprint density at radius 3 is 2.19 bits per heavy atom. The lowest BCUT2D eigenvalue weighted by atomic mass is 10.1. The van der Waals surface area contributed by atoms with Gasteiger partial charge < -0.3 is 4.90 Å². The minimum absolute atomic E-state index is 0.0367. The van der Waals surface area contributed by atoms with E-state index in [1.165, 1.54) is 38.0 Å². The highest BCUT2D eigenvalue weighted by atomic mass is 32.2. The van der Waals surface area contributed by atoms with Gasteiger partial charge in [0, 0.05) is 38.1 Å². The van der Waals surface area contributed by atoms with Crippen molar-refractivity contribution in [3.8, 4) is 5.69 Å². The predicted molar refractivity (Wildman–Crippen MR) is 99.1 cm³/mol. The van der Waals surface area contributed by atoms with Crippen LogP contribution in [0.4, 0.5) is 4.39 Å². The van der Waals surface area contributed by atoms with Crippen molar-refractivity contribution >= 4 is 15.9 Å². The van der Waals surface area contributed by atoms with E-state index in [4.69, 9.17) is 0 Å². The molecule has 2 heterocycles. The Morgan fingerprint density at radius 1 is 1.04 bits per heavy atom. The number of hydrogen-bond acceptors (Lipinski definition) is 4. The van der Waals surface area contributed by atoms with Crippen LogP contribution in [-0.2, 0) is 10.0 Å². The number of carbonyl (C=O) groups excluding carboxylic acids is 1. The van der Waals surface area contributed by atoms with Gasteiger partial charge >= 0.3 is 0 Å². The molecule has 1 aromatic carbocycles. The van der Waals surface area contributed by atoms with Crippen LogP contribution < -0.4 is 5.56 Å². The van der Waals surface area contributed by atoms with Crippen LogP contribution in [-0.4, -0.2) is 60.5 Å². The molecule has 1 aliphatic rings. The number of amides is 1. The van der Waals surface area contributed by atoms with E-state index in [-0.39, 0.29) is 31.7 Å². The van der Waals surface area contributed by atoms with Gasteiger partial charge in [0.2, 0.25) is 10.0 Å². The Kier molecular flexibility index (Phi) is 5.16. The molecule has 1 saturated heterocycles. The van der Waals surface area contributed by atoms with Gasteiger partial charge in [0.1, 0.15) is 11.4 Å². The fourth-order valence-corrected chi connectivity index (χ4v) is 3.90. The third kappa shape index (κ3) is 3.93. The van der Waals surface area contributed by atoms with E-state index in [1.54, 1.807) is 19.2 Å². The van der Waals surface area contributed by atoms with Crippen molar-refractivity contribution < 1.29 is 17.6 Å². The fraction of sp³-hybridized carbons (Fsp3) is 0.333. The first-order chi connectivity index (χ1) is 12.7. The summed E-state index contributed by atoms with van der Waals surface area (Å²) in [4.78, 5) is 27.3. The van der Waals surface area contributed by atoms with Crippen LogP contribution in [0.1, 0.15) is 15.9 Å². The number of aryl methyl sites for hydroxylation is 1. The van der Waals surface area contributed by atoms with Crippen molar-refractivity contribution in [3.63, 3.8) is 0 Å². The first-order valence-electron chi connectivity index (χ1n) is 8.41. The molecule has 0 bridgehead atoms. The van der Waals surface area contributed by atoms with Crippen LogP contribution in [0.15, 0.2) is 41.3 Å². The number of pyridine rings is 1. The molecule has 144 valence electrons. The second-order valence-electron chi connectivity index (χ2n) is 6.48. The summed E-state index contributed by atoms with van der Waals surface area (Å²) in [6.45, 7) is 2.51. The molecule has 1 fully saturated rings. The van der Waals surface area contributed by atoms with E-state index in [0.29, 0.717) is 11.3 Å². The molecule has 2 aromatic rings. The number of rotatable bonds is 3. The molecule has 0 unspecified atom stereocenters. The number of sulfonamides is 1. The summed E-state index contributed by atoms with van der Waals surface area (Å²) in [6, 6.07) is 7.07. The summed E-state index contributed by atoms with van der Waals surface area (Å²) < 4.78 is 39.0. The summed E-state index contributed by atoms with van der Waals surface area (Å²) in [5.41, 5.74) is 0.540. The lowest BCUT2D eigenvalue weighted by Gasteiger charge is -2.33. The van der Waals surface area contributed by atoms with E-state index in [9.17, 15) is 22.4 Å². The topological polar surface area (TPSA) is 79.7 Å². The largest absolute Gasteiger partial charge is 0.336 e. The van der Waals surface area contributed by atoms with Crippen molar-refractivity contribution in [2.24, 2.45) is 0 Å². The maximum atomic E-state index is 13.1. The van der Waals surface area contributed by atoms with Crippen molar-refractivity contribution in [3.05, 3.63) is 63.8 Å². The number of hydrogen-bond donors (Lipinski definition) is 0. The predicted octanol–water partition coefficient (Wildman–Crippen LogP) is 1.00. The van der Waals surface area contributed by atoms with Crippen molar-refractivity contribution in [1.82, 2.24) is 13.8 Å². The van der Waals surface area contributed by atoms with Gasteiger partial charge in [0.15, 0.2) is 0 Å². The van der Waals surface area contributed by atoms with Crippen LogP contribution in [0, 0.1) is 12.7 Å². The number of halogens is 1. The number of aromatic nitrogens is 1. The third-order valence-corrected chi connectivity index (χ3v) is 5.92. The minimum atomic E-state index is -3.30. The Labute approximate surface area is 156 Å². The Hall–Kier alpha value is -2.52. The van der Waals surface area contributed by atoms with Crippen LogP contribution in [0.3, 0.4) is 0 Å². The highest BCUT2D eigenvalue weighted by molar-refractivity contribution is 7.88. The molecule has 0 saturated carbocycles. The van der Waals surface area contributed by atoms with Gasteiger partial charge in [0.25, 0.3) is 11.5 Å². The maximum absolute atomic E-state index is 13.1. The van der Waals surface area contributed by atoms with E-state index >= 15 is 0 Å². The van der Waals surface area contributed by atoms with E-state index in [1.807, 2.05) is 0 Å². The first-order valence-corrected chi connectivity index (χ1v) is 10.3. The second-order valence-corrected chi connectivity index (χ2v) is 8.46. The zero-order valence-electron chi connectivity index (χ0n) is 15.1. The number of nitrogens with zero attached hydrogens (tertiary/aromatic N) is 3. The van der Waals surface area contributed by atoms with Gasteiger partial charge in [0.05, 0.1) is 6.26 Å². The van der Waals surface area contributed by atoms with Gasteiger partial charge in [-0.05, 0) is 42.8 Å². The molecule has 0 spiro atoms. The van der Waals surface area contributed by atoms with Gasteiger partial charge in [-0.2, -0.15) is 4.31 Å². The standard InChI is InChI=1S/C18H20FN3O4S/c1-13-7-8-22(15-5-3-14(19)4-6-15)18(24)16(13)17(23)20-9-11-21(12-10-20)27(2,25)26/h3-8H,9-12H2,1-2H3. The summed E-state index contributed by atoms with van der Waals surface area (Å²) in [7, 11) is -3.30. The fourth-order valence-electron chi connectivity index (χ4n) is 3.07. The summed E-state index contributed by atoms with van der Waals surface area (Å²) in [6.07, 6.45) is 2.68. The maximum Gasteiger partial charge on any atom is 0.268 e. The van der Waals surface area contributed by atoms with Crippen LogP contribution in [0.5, 0.6) is 0 Å². The van der Waals surface area contributed by atoms with Crippen LogP contribution in [0.25, 0.3) is 5.69 Å². The summed E-state index contributed by atoms with van der Waals surface area (Å²) >= 11 is 0. The van der Waals surface area contributed by atoms with Gasteiger partial charge in [-0.1, -0.05) is 0 Å². The molecule has 27 heavy (non-hydrogen) atoms. The van der Waals surface area contributed by atoms with Crippen molar-refractivity contribution in [1.29, 1.82) is 0 Å². The molecule has 0 radical (unpaired) electrons. The van der Waals surface area contributed by atoms with Gasteiger partial charge in [-0.25, -0.2) is 12.8 Å². The zero-order chi connectivity index (χ0) is 19.8. The average molecular weight is 393 g/mol. The molecule has 1 aliphatic heterocycles. The van der Waals surface area contributed by atoms with Gasteiger partial charge in [-0.3, -0.25) is 14.2 Å². The Bertz CT molecular complexity index is 1020. The molecular weight excluding hydrogens is 373 g/mol. The molecule has 7 nitrogen and oxygen atoms in total. The van der Waals surface area contributed by atoms with E-state index in [0.717, 1.165) is 6.26 Å². The van der Waals surface area contributed by atoms with Crippen LogP contribution in [0.2, 0.25) is 0 Å². The first kappa shape index (κ1) is 19.2. The highest BCUT2D eigenvalue weighted by Gasteiger charge is 2.29. The lowest BCUT2D eigenvalue weighted by Crippen LogP contribution is -2.51. The van der Waals surface area contributed by atoms with E-state index in [2.05, 4.69) is 0 Å². The number of piperazine rings is 1. The SMILES string of the molecule is Cc1ccn(-c2ccc(F)cc2)c(=O)c1C(=O)N1CCN(S(C)(=O)=O)CC1. The smallest absolute Gasteiger partial charge is 0.268 e. The molecule has 0 N–H and O–H groups in total. The molecule has 1 aromatic heterocycles. The molecule has 0 aliphatic carbocycles. The molecule has 9 heteroatoms. The average Bonchev–Trinajstić information content (AvgIpc) is 2.62. The number of carbonyl (C=O) groups is 1. The third-order valence-electron chi connectivity index (χ3n) is 4.61. The number of benzene rings is 1. The van der Waals surface area contributed by atoms with Crippen LogP contribution >= 0.6 is 0 Å². The zero-order valence-corrected chi connectivity index (χ0v) is 15.9.